The number of carbonyl (C=O) groups is 1. The summed E-state index contributed by atoms with van der Waals surface area (Å²) in [6.45, 7) is 1.90. The second-order valence-electron chi connectivity index (χ2n) is 6.49. The number of para-hydroxylation sites is 1. The molecular formula is C21H21FN2O2. The Kier molecular flexibility index (Phi) is 5.85. The van der Waals surface area contributed by atoms with Crippen molar-refractivity contribution in [1.82, 2.24) is 4.90 Å². The van der Waals surface area contributed by atoms with Gasteiger partial charge in [0.05, 0.1) is 18.2 Å². The Balaban J connectivity index is 1.44. The number of rotatable bonds is 5. The maximum atomic E-state index is 13.5. The van der Waals surface area contributed by atoms with Gasteiger partial charge in [-0.25, -0.2) is 4.39 Å². The molecule has 134 valence electrons. The minimum absolute atomic E-state index is 0.00977. The first-order valence-electron chi connectivity index (χ1n) is 8.84. The summed E-state index contributed by atoms with van der Waals surface area (Å²) >= 11 is 0. The maximum absolute atomic E-state index is 13.5. The first-order chi connectivity index (χ1) is 12.7. The highest BCUT2D eigenvalue weighted by Crippen LogP contribution is 2.23. The molecule has 0 unspecified atom stereocenters. The van der Waals surface area contributed by atoms with E-state index in [1.165, 1.54) is 6.07 Å². The van der Waals surface area contributed by atoms with Crippen LogP contribution in [-0.4, -0.2) is 30.5 Å². The first-order valence-corrected chi connectivity index (χ1v) is 8.84. The summed E-state index contributed by atoms with van der Waals surface area (Å²) in [5.41, 5.74) is 1.17. The molecule has 3 rings (SSSR count). The van der Waals surface area contributed by atoms with Gasteiger partial charge in [-0.1, -0.05) is 12.1 Å². The summed E-state index contributed by atoms with van der Waals surface area (Å²) in [7, 11) is 0. The Bertz CT molecular complexity index is 790. The third-order valence-corrected chi connectivity index (χ3v) is 4.78. The molecule has 0 saturated carbocycles. The molecule has 26 heavy (non-hydrogen) atoms. The highest BCUT2D eigenvalue weighted by Gasteiger charge is 2.23. The summed E-state index contributed by atoms with van der Waals surface area (Å²) in [6, 6.07) is 15.2. The van der Waals surface area contributed by atoms with Gasteiger partial charge in [-0.15, -0.1) is 0 Å². The van der Waals surface area contributed by atoms with Crippen LogP contribution in [-0.2, 0) is 0 Å². The van der Waals surface area contributed by atoms with Gasteiger partial charge in [-0.05, 0) is 61.6 Å². The molecule has 1 heterocycles. The highest BCUT2D eigenvalue weighted by molar-refractivity contribution is 5.94. The van der Waals surface area contributed by atoms with Crippen molar-refractivity contribution in [3.8, 4) is 11.8 Å². The van der Waals surface area contributed by atoms with Gasteiger partial charge in [-0.2, -0.15) is 5.26 Å². The van der Waals surface area contributed by atoms with Gasteiger partial charge in [-0.3, -0.25) is 4.79 Å². The Morgan fingerprint density at radius 2 is 1.85 bits per heavy atom. The van der Waals surface area contributed by atoms with Crippen LogP contribution in [0.4, 0.5) is 4.39 Å². The fourth-order valence-electron chi connectivity index (χ4n) is 3.19. The Morgan fingerprint density at radius 3 is 2.50 bits per heavy atom. The average molecular weight is 352 g/mol. The van der Waals surface area contributed by atoms with Gasteiger partial charge >= 0.3 is 0 Å². The van der Waals surface area contributed by atoms with Crippen LogP contribution in [0.2, 0.25) is 0 Å². The Morgan fingerprint density at radius 1 is 1.15 bits per heavy atom. The monoisotopic (exact) mass is 352 g/mol. The highest BCUT2D eigenvalue weighted by atomic mass is 19.1. The van der Waals surface area contributed by atoms with Crippen molar-refractivity contribution in [3.63, 3.8) is 0 Å². The predicted octanol–water partition coefficient (Wildman–Crippen LogP) is 4.02. The molecule has 0 aliphatic carbocycles. The van der Waals surface area contributed by atoms with Crippen LogP contribution in [0, 0.1) is 23.1 Å². The SMILES string of the molecule is N#Cc1ccc(C(=O)N2CCC(CCOc3ccccc3F)CC2)cc1. The number of carbonyl (C=O) groups excluding carboxylic acids is 1. The second-order valence-corrected chi connectivity index (χ2v) is 6.49. The van der Waals surface area contributed by atoms with Crippen molar-refractivity contribution in [3.05, 3.63) is 65.5 Å². The quantitative estimate of drug-likeness (QED) is 0.817. The zero-order chi connectivity index (χ0) is 18.4. The van der Waals surface area contributed by atoms with Crippen molar-refractivity contribution in [1.29, 1.82) is 5.26 Å². The smallest absolute Gasteiger partial charge is 0.253 e. The third kappa shape index (κ3) is 4.40. The Labute approximate surface area is 152 Å². The molecule has 0 atom stereocenters. The van der Waals surface area contributed by atoms with E-state index in [1.54, 1.807) is 42.5 Å². The number of ether oxygens (including phenoxy) is 1. The molecule has 0 aromatic heterocycles. The largest absolute Gasteiger partial charge is 0.491 e. The van der Waals surface area contributed by atoms with Crippen LogP contribution in [0.15, 0.2) is 48.5 Å². The van der Waals surface area contributed by atoms with Crippen molar-refractivity contribution >= 4 is 5.91 Å². The van der Waals surface area contributed by atoms with Gasteiger partial charge < -0.3 is 9.64 Å². The first kappa shape index (κ1) is 17.9. The lowest BCUT2D eigenvalue weighted by atomic mass is 9.93. The van der Waals surface area contributed by atoms with Crippen LogP contribution in [0.3, 0.4) is 0 Å². The summed E-state index contributed by atoms with van der Waals surface area (Å²) in [4.78, 5) is 14.4. The van der Waals surface area contributed by atoms with Gasteiger partial charge in [0.2, 0.25) is 0 Å². The van der Waals surface area contributed by atoms with E-state index < -0.39 is 0 Å². The summed E-state index contributed by atoms with van der Waals surface area (Å²) < 4.78 is 19.0. The second kappa shape index (κ2) is 8.48. The van der Waals surface area contributed by atoms with Crippen LogP contribution < -0.4 is 4.74 Å². The summed E-state index contributed by atoms with van der Waals surface area (Å²) in [6.07, 6.45) is 2.69. The molecule has 1 aliphatic rings. The van der Waals surface area contributed by atoms with E-state index in [2.05, 4.69) is 6.07 Å². The molecule has 0 radical (unpaired) electrons. The molecular weight excluding hydrogens is 331 g/mol. The van der Waals surface area contributed by atoms with Crippen molar-refractivity contribution in [2.45, 2.75) is 19.3 Å². The molecule has 0 bridgehead atoms. The van der Waals surface area contributed by atoms with Crippen LogP contribution >= 0.6 is 0 Å². The number of halogens is 1. The van der Waals surface area contributed by atoms with Crippen LogP contribution in [0.25, 0.3) is 0 Å². The van der Waals surface area contributed by atoms with E-state index >= 15 is 0 Å². The van der Waals surface area contributed by atoms with E-state index in [-0.39, 0.29) is 11.7 Å². The minimum atomic E-state index is -0.338. The molecule has 0 spiro atoms. The summed E-state index contributed by atoms with van der Waals surface area (Å²) in [5, 5.41) is 8.83. The fourth-order valence-corrected chi connectivity index (χ4v) is 3.19. The lowest BCUT2D eigenvalue weighted by molar-refractivity contribution is 0.0679. The standard InChI is InChI=1S/C21H21FN2O2/c22-19-3-1-2-4-20(19)26-14-11-16-9-12-24(13-10-16)21(25)18-7-5-17(15-23)6-8-18/h1-8,16H,9-14H2. The van der Waals surface area contributed by atoms with Crippen LogP contribution in [0.1, 0.15) is 35.2 Å². The minimum Gasteiger partial charge on any atom is -0.491 e. The lowest BCUT2D eigenvalue weighted by Crippen LogP contribution is -2.38. The molecule has 1 amide bonds. The number of hydrogen-bond donors (Lipinski definition) is 0. The molecule has 1 saturated heterocycles. The zero-order valence-corrected chi connectivity index (χ0v) is 14.5. The number of hydrogen-bond acceptors (Lipinski definition) is 3. The number of amides is 1. The van der Waals surface area contributed by atoms with E-state index in [9.17, 15) is 9.18 Å². The normalized spacial score (nSPS) is 14.7. The molecule has 1 fully saturated rings. The van der Waals surface area contributed by atoms with Crippen LogP contribution in [0.5, 0.6) is 5.75 Å². The Hall–Kier alpha value is -2.87. The number of piperidine rings is 1. The summed E-state index contributed by atoms with van der Waals surface area (Å²) in [5.74, 6) is 0.443. The maximum Gasteiger partial charge on any atom is 0.253 e. The lowest BCUT2D eigenvalue weighted by Gasteiger charge is -2.32. The molecule has 2 aromatic carbocycles. The third-order valence-electron chi connectivity index (χ3n) is 4.78. The fraction of sp³-hybridized carbons (Fsp3) is 0.333. The van der Waals surface area contributed by atoms with E-state index in [0.717, 1.165) is 19.3 Å². The molecule has 0 N–H and O–H groups in total. The van der Waals surface area contributed by atoms with E-state index in [4.69, 9.17) is 10.00 Å². The van der Waals surface area contributed by atoms with Gasteiger partial charge in [0.25, 0.3) is 5.91 Å². The van der Waals surface area contributed by atoms with Crippen molar-refractivity contribution < 1.29 is 13.9 Å². The predicted molar refractivity (Wildman–Crippen MR) is 96.3 cm³/mol. The van der Waals surface area contributed by atoms with Crippen molar-refractivity contribution in [2.75, 3.05) is 19.7 Å². The molecule has 5 heteroatoms. The van der Waals surface area contributed by atoms with Gasteiger partial charge in [0, 0.05) is 18.7 Å². The van der Waals surface area contributed by atoms with Crippen molar-refractivity contribution in [2.24, 2.45) is 5.92 Å². The molecule has 1 aliphatic heterocycles. The zero-order valence-electron chi connectivity index (χ0n) is 14.5. The molecule has 2 aromatic rings. The molecule has 4 nitrogen and oxygen atoms in total. The number of benzene rings is 2. The number of likely N-dealkylation sites (tertiary alicyclic amines) is 1. The van der Waals surface area contributed by atoms with E-state index in [1.807, 2.05) is 4.90 Å². The van der Waals surface area contributed by atoms with Gasteiger partial charge in [0.15, 0.2) is 11.6 Å². The number of nitriles is 1. The average Bonchev–Trinajstić information content (AvgIpc) is 2.69. The van der Waals surface area contributed by atoms with E-state index in [0.29, 0.717) is 42.5 Å². The number of nitrogens with zero attached hydrogens (tertiary/aromatic N) is 2. The van der Waals surface area contributed by atoms with Gasteiger partial charge in [0.1, 0.15) is 0 Å². The topological polar surface area (TPSA) is 53.3 Å².